The SMILES string of the molecule is Cc1cc(C)nc(NC(=O)c2ccc(F)c(COCC3CC3)c2)n1. The minimum Gasteiger partial charge on any atom is -0.376 e. The number of rotatable bonds is 6. The molecule has 1 aromatic carbocycles. The Hall–Kier alpha value is -2.34. The molecule has 3 rings (SSSR count). The van der Waals surface area contributed by atoms with Gasteiger partial charge >= 0.3 is 0 Å². The number of aromatic nitrogens is 2. The lowest BCUT2D eigenvalue weighted by molar-refractivity contribution is 0.102. The molecule has 6 heteroatoms. The van der Waals surface area contributed by atoms with Crippen LogP contribution in [-0.2, 0) is 11.3 Å². The number of anilines is 1. The first-order valence-electron chi connectivity index (χ1n) is 8.01. The van der Waals surface area contributed by atoms with Crippen molar-refractivity contribution < 1.29 is 13.9 Å². The second-order valence-electron chi connectivity index (χ2n) is 6.19. The van der Waals surface area contributed by atoms with E-state index in [1.54, 1.807) is 0 Å². The van der Waals surface area contributed by atoms with Crippen molar-refractivity contribution in [2.75, 3.05) is 11.9 Å². The molecule has 0 unspecified atom stereocenters. The summed E-state index contributed by atoms with van der Waals surface area (Å²) >= 11 is 0. The van der Waals surface area contributed by atoms with Crippen LogP contribution in [0.3, 0.4) is 0 Å². The fourth-order valence-corrected chi connectivity index (χ4v) is 2.40. The van der Waals surface area contributed by atoms with Gasteiger partial charge in [0, 0.05) is 29.1 Å². The molecule has 1 aliphatic carbocycles. The molecule has 1 aliphatic rings. The van der Waals surface area contributed by atoms with Gasteiger partial charge in [-0.15, -0.1) is 0 Å². The Bertz CT molecular complexity index is 740. The number of halogens is 1. The van der Waals surface area contributed by atoms with Gasteiger partial charge in [0.15, 0.2) is 0 Å². The summed E-state index contributed by atoms with van der Waals surface area (Å²) < 4.78 is 19.4. The summed E-state index contributed by atoms with van der Waals surface area (Å²) in [5, 5.41) is 2.65. The number of amides is 1. The van der Waals surface area contributed by atoms with Crippen molar-refractivity contribution in [3.8, 4) is 0 Å². The molecule has 0 saturated heterocycles. The van der Waals surface area contributed by atoms with Gasteiger partial charge in [-0.25, -0.2) is 14.4 Å². The first-order chi connectivity index (χ1) is 11.5. The van der Waals surface area contributed by atoms with Crippen molar-refractivity contribution in [1.82, 2.24) is 9.97 Å². The van der Waals surface area contributed by atoms with E-state index in [1.807, 2.05) is 19.9 Å². The fraction of sp³-hybridized carbons (Fsp3) is 0.389. The van der Waals surface area contributed by atoms with Crippen LogP contribution in [0.4, 0.5) is 10.3 Å². The highest BCUT2D eigenvalue weighted by atomic mass is 19.1. The van der Waals surface area contributed by atoms with Gasteiger partial charge in [-0.05, 0) is 56.9 Å². The van der Waals surface area contributed by atoms with Crippen LogP contribution in [0.15, 0.2) is 24.3 Å². The highest BCUT2D eigenvalue weighted by Crippen LogP contribution is 2.29. The summed E-state index contributed by atoms with van der Waals surface area (Å²) in [5.74, 6) is 0.114. The average molecular weight is 329 g/mol. The predicted molar refractivity (Wildman–Crippen MR) is 88.2 cm³/mol. The molecule has 0 atom stereocenters. The molecule has 1 N–H and O–H groups in total. The quantitative estimate of drug-likeness (QED) is 0.882. The van der Waals surface area contributed by atoms with Crippen LogP contribution >= 0.6 is 0 Å². The first kappa shape index (κ1) is 16.5. The van der Waals surface area contributed by atoms with Crippen molar-refractivity contribution in [1.29, 1.82) is 0 Å². The van der Waals surface area contributed by atoms with Crippen LogP contribution in [-0.4, -0.2) is 22.5 Å². The van der Waals surface area contributed by atoms with Gasteiger partial charge in [0.1, 0.15) is 5.82 Å². The number of aryl methyl sites for hydroxylation is 2. The van der Waals surface area contributed by atoms with Crippen LogP contribution in [0.1, 0.15) is 40.2 Å². The van der Waals surface area contributed by atoms with Gasteiger partial charge in [0.25, 0.3) is 5.91 Å². The lowest BCUT2D eigenvalue weighted by Gasteiger charge is -2.09. The summed E-state index contributed by atoms with van der Waals surface area (Å²) in [6.07, 6.45) is 2.36. The number of hydrogen-bond acceptors (Lipinski definition) is 4. The summed E-state index contributed by atoms with van der Waals surface area (Å²) in [7, 11) is 0. The Morgan fingerprint density at radius 1 is 1.25 bits per heavy atom. The zero-order chi connectivity index (χ0) is 17.1. The van der Waals surface area contributed by atoms with Gasteiger partial charge in [-0.3, -0.25) is 10.1 Å². The second kappa shape index (κ2) is 7.05. The van der Waals surface area contributed by atoms with E-state index in [4.69, 9.17) is 4.74 Å². The Labute approximate surface area is 140 Å². The summed E-state index contributed by atoms with van der Waals surface area (Å²) in [4.78, 5) is 20.7. The van der Waals surface area contributed by atoms with E-state index < -0.39 is 0 Å². The predicted octanol–water partition coefficient (Wildman–Crippen LogP) is 3.41. The van der Waals surface area contributed by atoms with Gasteiger partial charge in [0.2, 0.25) is 5.95 Å². The number of carbonyl (C=O) groups is 1. The number of carbonyl (C=O) groups excluding carboxylic acids is 1. The lowest BCUT2D eigenvalue weighted by atomic mass is 10.1. The van der Waals surface area contributed by atoms with Crippen LogP contribution < -0.4 is 5.32 Å². The number of nitrogens with zero attached hydrogens (tertiary/aromatic N) is 2. The summed E-state index contributed by atoms with van der Waals surface area (Å²) in [6.45, 7) is 4.48. The monoisotopic (exact) mass is 329 g/mol. The minimum atomic E-state index is -0.372. The lowest BCUT2D eigenvalue weighted by Crippen LogP contribution is -2.15. The maximum atomic E-state index is 13.9. The summed E-state index contributed by atoms with van der Waals surface area (Å²) in [5.41, 5.74) is 2.27. The van der Waals surface area contributed by atoms with Crippen molar-refractivity contribution in [2.45, 2.75) is 33.3 Å². The van der Waals surface area contributed by atoms with E-state index in [0.717, 1.165) is 11.4 Å². The normalized spacial score (nSPS) is 13.8. The molecule has 1 amide bonds. The third-order valence-corrected chi connectivity index (χ3v) is 3.82. The topological polar surface area (TPSA) is 64.1 Å². The van der Waals surface area contributed by atoms with Gasteiger partial charge < -0.3 is 4.74 Å². The molecule has 0 radical (unpaired) electrons. The minimum absolute atomic E-state index is 0.170. The maximum Gasteiger partial charge on any atom is 0.258 e. The number of hydrogen-bond donors (Lipinski definition) is 1. The molecule has 126 valence electrons. The second-order valence-corrected chi connectivity index (χ2v) is 6.19. The molecule has 2 aromatic rings. The molecule has 0 aliphatic heterocycles. The van der Waals surface area contributed by atoms with Crippen LogP contribution in [0, 0.1) is 25.6 Å². The Morgan fingerprint density at radius 3 is 2.62 bits per heavy atom. The maximum absolute atomic E-state index is 13.9. The van der Waals surface area contributed by atoms with E-state index in [2.05, 4.69) is 15.3 Å². The zero-order valence-corrected chi connectivity index (χ0v) is 13.8. The molecule has 1 saturated carbocycles. The highest BCUT2D eigenvalue weighted by Gasteiger charge is 2.21. The van der Waals surface area contributed by atoms with Crippen LogP contribution in [0.25, 0.3) is 0 Å². The van der Waals surface area contributed by atoms with E-state index >= 15 is 0 Å². The molecule has 0 bridgehead atoms. The smallest absolute Gasteiger partial charge is 0.258 e. The number of ether oxygens (including phenoxy) is 1. The largest absolute Gasteiger partial charge is 0.376 e. The highest BCUT2D eigenvalue weighted by molar-refractivity contribution is 6.03. The molecule has 0 spiro atoms. The molecule has 1 aromatic heterocycles. The fourth-order valence-electron chi connectivity index (χ4n) is 2.40. The Balaban J connectivity index is 1.69. The molecule has 5 nitrogen and oxygen atoms in total. The third kappa shape index (κ3) is 4.35. The van der Waals surface area contributed by atoms with Gasteiger partial charge in [-0.2, -0.15) is 0 Å². The van der Waals surface area contributed by atoms with Gasteiger partial charge in [0.05, 0.1) is 6.61 Å². The molecular weight excluding hydrogens is 309 g/mol. The van der Waals surface area contributed by atoms with Crippen molar-refractivity contribution >= 4 is 11.9 Å². The van der Waals surface area contributed by atoms with E-state index in [0.29, 0.717) is 23.7 Å². The summed E-state index contributed by atoms with van der Waals surface area (Å²) in [6, 6.07) is 6.06. The molecule has 1 fully saturated rings. The number of benzene rings is 1. The zero-order valence-electron chi connectivity index (χ0n) is 13.8. The average Bonchev–Trinajstić information content (AvgIpc) is 3.32. The molecule has 1 heterocycles. The van der Waals surface area contributed by atoms with Crippen LogP contribution in [0.5, 0.6) is 0 Å². The van der Waals surface area contributed by atoms with Crippen molar-refractivity contribution in [3.05, 3.63) is 52.6 Å². The Kier molecular flexibility index (Phi) is 4.85. The standard InChI is InChI=1S/C18H20FN3O2/c1-11-7-12(2)21-18(20-11)22-17(23)14-5-6-16(19)15(8-14)10-24-9-13-3-4-13/h5-8,13H,3-4,9-10H2,1-2H3,(H,20,21,22,23). The molecule has 24 heavy (non-hydrogen) atoms. The van der Waals surface area contributed by atoms with Gasteiger partial charge in [-0.1, -0.05) is 0 Å². The number of nitrogens with one attached hydrogen (secondary N) is 1. The van der Waals surface area contributed by atoms with E-state index in [1.165, 1.54) is 31.0 Å². The van der Waals surface area contributed by atoms with E-state index in [9.17, 15) is 9.18 Å². The first-order valence-corrected chi connectivity index (χ1v) is 8.01. The Morgan fingerprint density at radius 2 is 1.96 bits per heavy atom. The third-order valence-electron chi connectivity index (χ3n) is 3.82. The van der Waals surface area contributed by atoms with E-state index in [-0.39, 0.29) is 24.3 Å². The van der Waals surface area contributed by atoms with Crippen molar-refractivity contribution in [2.24, 2.45) is 5.92 Å². The van der Waals surface area contributed by atoms with Crippen molar-refractivity contribution in [3.63, 3.8) is 0 Å². The van der Waals surface area contributed by atoms with Crippen LogP contribution in [0.2, 0.25) is 0 Å². The molecular formula is C18H20FN3O2.